The minimum absolute atomic E-state index is 0.0410. The van der Waals surface area contributed by atoms with Crippen LogP contribution in [0.5, 0.6) is 0 Å². The van der Waals surface area contributed by atoms with Gasteiger partial charge in [0.2, 0.25) is 0 Å². The first-order chi connectivity index (χ1) is 7.91. The zero-order valence-corrected chi connectivity index (χ0v) is 10.8. The zero-order chi connectivity index (χ0) is 12.6. The fourth-order valence-electron chi connectivity index (χ4n) is 1.30. The van der Waals surface area contributed by atoms with Crippen molar-refractivity contribution in [1.29, 1.82) is 0 Å². The standard InChI is InChI=1S/C9H8BrN3O3S/c10-6-1-3-7(4-2-6)17(15,16)13-8(11)5-9(14)12-13/h1-5H,11H2,(H,12,14). The van der Waals surface area contributed by atoms with Crippen LogP contribution in [0.25, 0.3) is 0 Å². The highest BCUT2D eigenvalue weighted by Crippen LogP contribution is 2.17. The Morgan fingerprint density at radius 1 is 1.24 bits per heavy atom. The molecule has 0 saturated heterocycles. The average Bonchev–Trinajstić information content (AvgIpc) is 2.59. The van der Waals surface area contributed by atoms with Crippen molar-refractivity contribution in [3.63, 3.8) is 0 Å². The van der Waals surface area contributed by atoms with Crippen LogP contribution < -0.4 is 11.3 Å². The summed E-state index contributed by atoms with van der Waals surface area (Å²) in [4.78, 5) is 11.1. The van der Waals surface area contributed by atoms with E-state index in [4.69, 9.17) is 5.73 Å². The lowest BCUT2D eigenvalue weighted by Gasteiger charge is -2.06. The maximum atomic E-state index is 12.1. The van der Waals surface area contributed by atoms with Crippen LogP contribution in [0.4, 0.5) is 5.82 Å². The van der Waals surface area contributed by atoms with Gasteiger partial charge in [-0.05, 0) is 24.3 Å². The van der Waals surface area contributed by atoms with Crippen molar-refractivity contribution in [3.8, 4) is 0 Å². The zero-order valence-electron chi connectivity index (χ0n) is 8.42. The highest BCUT2D eigenvalue weighted by Gasteiger charge is 2.19. The number of nitrogens with one attached hydrogen (secondary N) is 1. The minimum Gasteiger partial charge on any atom is -0.383 e. The number of benzene rings is 1. The van der Waals surface area contributed by atoms with E-state index in [-0.39, 0.29) is 10.7 Å². The molecule has 2 rings (SSSR count). The average molecular weight is 318 g/mol. The molecule has 0 aliphatic heterocycles. The third-order valence-corrected chi connectivity index (χ3v) is 4.26. The van der Waals surface area contributed by atoms with E-state index >= 15 is 0 Å². The van der Waals surface area contributed by atoms with Crippen LogP contribution in [0.15, 0.2) is 44.5 Å². The Morgan fingerprint density at radius 3 is 2.29 bits per heavy atom. The van der Waals surface area contributed by atoms with Gasteiger partial charge in [-0.1, -0.05) is 15.9 Å². The first-order valence-electron chi connectivity index (χ1n) is 4.50. The number of aromatic amines is 1. The maximum absolute atomic E-state index is 12.1. The number of nitrogens with zero attached hydrogens (tertiary/aromatic N) is 1. The molecule has 2 aromatic rings. The molecule has 0 radical (unpaired) electrons. The van der Waals surface area contributed by atoms with Gasteiger partial charge in [-0.2, -0.15) is 12.5 Å². The lowest BCUT2D eigenvalue weighted by molar-refractivity contribution is 0.580. The summed E-state index contributed by atoms with van der Waals surface area (Å²) in [7, 11) is -3.85. The summed E-state index contributed by atoms with van der Waals surface area (Å²) in [6.07, 6.45) is 0. The van der Waals surface area contributed by atoms with E-state index in [9.17, 15) is 13.2 Å². The second-order valence-electron chi connectivity index (χ2n) is 3.27. The molecule has 0 saturated carbocycles. The SMILES string of the molecule is Nc1cc(=O)[nH]n1S(=O)(=O)c1ccc(Br)cc1. The molecule has 0 bridgehead atoms. The minimum atomic E-state index is -3.85. The Hall–Kier alpha value is -1.54. The Labute approximate surface area is 105 Å². The van der Waals surface area contributed by atoms with Gasteiger partial charge in [0.05, 0.1) is 4.90 Å². The molecule has 0 amide bonds. The van der Waals surface area contributed by atoms with Crippen molar-refractivity contribution in [2.45, 2.75) is 4.90 Å². The smallest absolute Gasteiger partial charge is 0.283 e. The molecule has 0 atom stereocenters. The highest BCUT2D eigenvalue weighted by molar-refractivity contribution is 9.10. The van der Waals surface area contributed by atoms with Gasteiger partial charge in [0.25, 0.3) is 15.6 Å². The molecule has 0 aliphatic carbocycles. The van der Waals surface area contributed by atoms with E-state index < -0.39 is 15.6 Å². The first-order valence-corrected chi connectivity index (χ1v) is 6.73. The van der Waals surface area contributed by atoms with Gasteiger partial charge >= 0.3 is 0 Å². The fraction of sp³-hybridized carbons (Fsp3) is 0. The number of hydrogen-bond donors (Lipinski definition) is 2. The van der Waals surface area contributed by atoms with Gasteiger partial charge in [-0.25, -0.2) is 5.10 Å². The summed E-state index contributed by atoms with van der Waals surface area (Å²) in [5, 5.41) is 2.13. The van der Waals surface area contributed by atoms with Gasteiger partial charge in [-0.3, -0.25) is 4.79 Å². The van der Waals surface area contributed by atoms with E-state index in [2.05, 4.69) is 21.0 Å². The molecule has 0 spiro atoms. The van der Waals surface area contributed by atoms with Crippen molar-refractivity contribution >= 4 is 31.8 Å². The Balaban J connectivity index is 2.61. The lowest BCUT2D eigenvalue weighted by atomic mass is 10.4. The van der Waals surface area contributed by atoms with Crippen molar-refractivity contribution in [3.05, 3.63) is 45.2 Å². The molecule has 1 aromatic heterocycles. The predicted octanol–water partition coefficient (Wildman–Crippen LogP) is 0.758. The van der Waals surface area contributed by atoms with Crippen molar-refractivity contribution in [2.24, 2.45) is 0 Å². The quantitative estimate of drug-likeness (QED) is 0.854. The first kappa shape index (κ1) is 11.9. The molecule has 0 unspecified atom stereocenters. The van der Waals surface area contributed by atoms with Gasteiger partial charge in [0.15, 0.2) is 0 Å². The number of aromatic nitrogens is 2. The summed E-state index contributed by atoms with van der Waals surface area (Å²) in [6, 6.07) is 7.01. The number of rotatable bonds is 2. The number of nitrogen functional groups attached to an aromatic ring is 1. The van der Waals surface area contributed by atoms with Gasteiger partial charge in [-0.15, -0.1) is 0 Å². The summed E-state index contributed by atoms with van der Waals surface area (Å²) in [6.45, 7) is 0. The van der Waals surface area contributed by atoms with Crippen molar-refractivity contribution < 1.29 is 8.42 Å². The van der Waals surface area contributed by atoms with Gasteiger partial charge in [0, 0.05) is 10.5 Å². The van der Waals surface area contributed by atoms with E-state index in [0.717, 1.165) is 10.5 Å². The van der Waals surface area contributed by atoms with Gasteiger partial charge in [0.1, 0.15) is 5.82 Å². The Bertz CT molecular complexity index is 700. The van der Waals surface area contributed by atoms with Crippen LogP contribution in [0, 0.1) is 0 Å². The second-order valence-corrected chi connectivity index (χ2v) is 5.97. The van der Waals surface area contributed by atoms with Crippen LogP contribution in [0.3, 0.4) is 0 Å². The van der Waals surface area contributed by atoms with Crippen LogP contribution in [-0.2, 0) is 10.0 Å². The third-order valence-electron chi connectivity index (χ3n) is 2.08. The van der Waals surface area contributed by atoms with Crippen LogP contribution in [-0.4, -0.2) is 17.6 Å². The normalized spacial score (nSPS) is 11.6. The van der Waals surface area contributed by atoms with Crippen LogP contribution in [0.2, 0.25) is 0 Å². The number of anilines is 1. The summed E-state index contributed by atoms with van der Waals surface area (Å²) in [5.41, 5.74) is 4.87. The number of hydrogen-bond acceptors (Lipinski definition) is 4. The number of H-pyrrole nitrogens is 1. The van der Waals surface area contributed by atoms with E-state index in [0.29, 0.717) is 4.09 Å². The van der Waals surface area contributed by atoms with Crippen LogP contribution in [0.1, 0.15) is 0 Å². The molecular formula is C9H8BrN3O3S. The molecule has 6 nitrogen and oxygen atoms in total. The molecule has 1 heterocycles. The van der Waals surface area contributed by atoms with E-state index in [1.807, 2.05) is 0 Å². The Kier molecular flexibility index (Phi) is 2.84. The van der Waals surface area contributed by atoms with E-state index in [1.165, 1.54) is 12.1 Å². The highest BCUT2D eigenvalue weighted by atomic mass is 79.9. The Morgan fingerprint density at radius 2 is 1.82 bits per heavy atom. The molecule has 17 heavy (non-hydrogen) atoms. The maximum Gasteiger partial charge on any atom is 0.283 e. The topological polar surface area (TPSA) is 97.9 Å². The third kappa shape index (κ3) is 2.13. The second kappa shape index (κ2) is 4.04. The van der Waals surface area contributed by atoms with Crippen LogP contribution >= 0.6 is 15.9 Å². The summed E-state index contributed by atoms with van der Waals surface area (Å²) in [5.74, 6) is -0.155. The predicted molar refractivity (Wildman–Crippen MR) is 66.2 cm³/mol. The van der Waals surface area contributed by atoms with Crippen molar-refractivity contribution in [1.82, 2.24) is 9.19 Å². The number of halogens is 1. The lowest BCUT2D eigenvalue weighted by Crippen LogP contribution is -2.18. The fourth-order valence-corrected chi connectivity index (χ4v) is 2.80. The summed E-state index contributed by atoms with van der Waals surface area (Å²) < 4.78 is 25.6. The van der Waals surface area contributed by atoms with Gasteiger partial charge < -0.3 is 5.73 Å². The van der Waals surface area contributed by atoms with E-state index in [1.54, 1.807) is 12.1 Å². The molecule has 0 fully saturated rings. The van der Waals surface area contributed by atoms with Crippen molar-refractivity contribution in [2.75, 3.05) is 5.73 Å². The number of nitrogens with two attached hydrogens (primary N) is 1. The molecule has 0 aliphatic rings. The molecule has 1 aromatic carbocycles. The molecule has 8 heteroatoms. The monoisotopic (exact) mass is 317 g/mol. The largest absolute Gasteiger partial charge is 0.383 e. The molecule has 3 N–H and O–H groups in total. The summed E-state index contributed by atoms with van der Waals surface area (Å²) >= 11 is 3.20. The molecule has 90 valence electrons. The molecular weight excluding hydrogens is 310 g/mol.